The molecule has 6 atom stereocenters. The summed E-state index contributed by atoms with van der Waals surface area (Å²) in [5, 5.41) is 9.23. The SMILES string of the molecule is COc1ccc(C[C@H]2C(=S)N[C@@H](C)C(=O)N(C)[C@H]3Cc4ccc(cc4)Oc4cc(ccc4OC)C[C@@H](C(=O)N[C@H](C)C(=S)N[C@@H](C)C(=O)N2C)N(C)C3=O)cc1. The smallest absolute Gasteiger partial charge is 0.246 e. The van der Waals surface area contributed by atoms with Crippen LogP contribution in [0.4, 0.5) is 0 Å². The lowest BCUT2D eigenvalue weighted by atomic mass is 9.98. The quantitative estimate of drug-likeness (QED) is 0.335. The first-order chi connectivity index (χ1) is 26.6. The first-order valence-corrected chi connectivity index (χ1v) is 19.2. The van der Waals surface area contributed by atoms with Crippen molar-refractivity contribution in [3.05, 3.63) is 83.4 Å². The molecular formula is C41H50N6O7S2. The van der Waals surface area contributed by atoms with Gasteiger partial charge in [-0.05, 0) is 80.3 Å². The van der Waals surface area contributed by atoms with E-state index in [9.17, 15) is 19.2 Å². The fraction of sp³-hybridized carbons (Fsp3) is 0.415. The van der Waals surface area contributed by atoms with Crippen molar-refractivity contribution in [2.24, 2.45) is 0 Å². The van der Waals surface area contributed by atoms with Crippen LogP contribution in [-0.4, -0.2) is 120 Å². The largest absolute Gasteiger partial charge is 0.497 e. The Morgan fingerprint density at radius 3 is 1.86 bits per heavy atom. The summed E-state index contributed by atoms with van der Waals surface area (Å²) in [5.41, 5.74) is 2.35. The second-order valence-corrected chi connectivity index (χ2v) is 15.2. The van der Waals surface area contributed by atoms with Crippen LogP contribution in [0.5, 0.6) is 23.0 Å². The molecule has 13 nitrogen and oxygen atoms in total. The third-order valence-electron chi connectivity index (χ3n) is 10.4. The van der Waals surface area contributed by atoms with Crippen LogP contribution in [0, 0.1) is 0 Å². The molecular weight excluding hydrogens is 753 g/mol. The third-order valence-corrected chi connectivity index (χ3v) is 11.2. The number of benzene rings is 3. The first-order valence-electron chi connectivity index (χ1n) is 18.4. The van der Waals surface area contributed by atoms with E-state index in [-0.39, 0.29) is 28.7 Å². The Bertz CT molecular complexity index is 1960. The summed E-state index contributed by atoms with van der Waals surface area (Å²) in [5.74, 6) is 0.542. The molecule has 1 fully saturated rings. The molecule has 0 radical (unpaired) electrons. The van der Waals surface area contributed by atoms with E-state index in [1.807, 2.05) is 42.5 Å². The van der Waals surface area contributed by atoms with Gasteiger partial charge in [0.25, 0.3) is 0 Å². The summed E-state index contributed by atoms with van der Waals surface area (Å²) in [7, 11) is 7.91. The number of rotatable bonds is 4. The lowest BCUT2D eigenvalue weighted by Gasteiger charge is -2.37. The Morgan fingerprint density at radius 2 is 1.23 bits per heavy atom. The maximum Gasteiger partial charge on any atom is 0.246 e. The van der Waals surface area contributed by atoms with E-state index in [0.29, 0.717) is 35.0 Å². The summed E-state index contributed by atoms with van der Waals surface area (Å²) < 4.78 is 17.1. The number of fused-ring (bicyclic) bond motifs is 2. The number of amides is 4. The maximum atomic E-state index is 14.7. The van der Waals surface area contributed by atoms with Gasteiger partial charge in [-0.25, -0.2) is 0 Å². The van der Waals surface area contributed by atoms with E-state index >= 15 is 0 Å². The fourth-order valence-corrected chi connectivity index (χ4v) is 7.49. The number of carbonyl (C=O) groups excluding carboxylic acids is 4. The molecule has 4 amide bonds. The Kier molecular flexibility index (Phi) is 13.5. The van der Waals surface area contributed by atoms with E-state index < -0.39 is 54.0 Å². The number of hydrogen-bond donors (Lipinski definition) is 3. The highest BCUT2D eigenvalue weighted by molar-refractivity contribution is 7.80. The molecule has 0 aliphatic carbocycles. The van der Waals surface area contributed by atoms with Crippen LogP contribution >= 0.6 is 24.4 Å². The van der Waals surface area contributed by atoms with Gasteiger partial charge in [-0.15, -0.1) is 0 Å². The minimum atomic E-state index is -1.03. The van der Waals surface area contributed by atoms with Gasteiger partial charge in [0.05, 0.1) is 36.3 Å². The summed E-state index contributed by atoms with van der Waals surface area (Å²) in [6.45, 7) is 5.06. The van der Waals surface area contributed by atoms with E-state index in [1.54, 1.807) is 80.4 Å². The lowest BCUT2D eigenvalue weighted by molar-refractivity contribution is -0.148. The van der Waals surface area contributed by atoms with Gasteiger partial charge in [-0.1, -0.05) is 54.8 Å². The number of ether oxygens (including phenoxy) is 3. The predicted octanol–water partition coefficient (Wildman–Crippen LogP) is 3.45. The van der Waals surface area contributed by atoms with Crippen LogP contribution in [0.3, 0.4) is 0 Å². The van der Waals surface area contributed by atoms with Gasteiger partial charge in [0, 0.05) is 34.0 Å². The lowest BCUT2D eigenvalue weighted by Crippen LogP contribution is -2.61. The molecule has 6 rings (SSSR count). The average molecular weight is 803 g/mol. The molecule has 3 aromatic rings. The van der Waals surface area contributed by atoms with E-state index in [0.717, 1.165) is 11.1 Å². The van der Waals surface area contributed by atoms with Crippen LogP contribution in [0.15, 0.2) is 66.7 Å². The van der Waals surface area contributed by atoms with Crippen molar-refractivity contribution in [1.29, 1.82) is 0 Å². The number of likely N-dealkylation sites (N-methyl/N-ethyl adjacent to an activating group) is 3. The van der Waals surface area contributed by atoms with Crippen LogP contribution in [0.2, 0.25) is 0 Å². The van der Waals surface area contributed by atoms with Crippen LogP contribution in [0.25, 0.3) is 0 Å². The van der Waals surface area contributed by atoms with Gasteiger partial charge in [-0.3, -0.25) is 19.2 Å². The van der Waals surface area contributed by atoms with E-state index in [4.69, 9.17) is 38.6 Å². The molecule has 6 bridgehead atoms. The fourth-order valence-electron chi connectivity index (χ4n) is 6.83. The van der Waals surface area contributed by atoms with Gasteiger partial charge in [-0.2, -0.15) is 0 Å². The molecule has 0 aromatic heterocycles. The van der Waals surface area contributed by atoms with Crippen molar-refractivity contribution in [1.82, 2.24) is 30.7 Å². The molecule has 0 saturated carbocycles. The van der Waals surface area contributed by atoms with Crippen molar-refractivity contribution in [2.45, 2.75) is 76.3 Å². The number of nitrogens with one attached hydrogen (secondary N) is 3. The van der Waals surface area contributed by atoms with Crippen LogP contribution in [-0.2, 0) is 38.4 Å². The molecule has 56 heavy (non-hydrogen) atoms. The summed E-state index contributed by atoms with van der Waals surface area (Å²) in [6.07, 6.45) is 0.581. The highest BCUT2D eigenvalue weighted by atomic mass is 32.1. The van der Waals surface area contributed by atoms with Crippen LogP contribution in [0.1, 0.15) is 37.5 Å². The molecule has 0 spiro atoms. The number of hydrogen-bond acceptors (Lipinski definition) is 9. The molecule has 298 valence electrons. The zero-order valence-electron chi connectivity index (χ0n) is 33.0. The molecule has 3 heterocycles. The Morgan fingerprint density at radius 1 is 0.661 bits per heavy atom. The predicted molar refractivity (Wildman–Crippen MR) is 221 cm³/mol. The normalized spacial score (nSPS) is 24.3. The summed E-state index contributed by atoms with van der Waals surface area (Å²) in [6, 6.07) is 14.9. The highest BCUT2D eigenvalue weighted by Gasteiger charge is 2.38. The third kappa shape index (κ3) is 9.56. The number of methoxy groups -OCH3 is 2. The molecule has 3 aromatic carbocycles. The highest BCUT2D eigenvalue weighted by Crippen LogP contribution is 2.34. The average Bonchev–Trinajstić information content (AvgIpc) is 3.19. The van der Waals surface area contributed by atoms with Gasteiger partial charge in [0.15, 0.2) is 11.5 Å². The molecule has 1 saturated heterocycles. The van der Waals surface area contributed by atoms with Crippen molar-refractivity contribution < 1.29 is 33.4 Å². The number of nitrogens with zero attached hydrogens (tertiary/aromatic N) is 3. The Labute approximate surface area is 339 Å². The van der Waals surface area contributed by atoms with Gasteiger partial charge < -0.3 is 44.9 Å². The van der Waals surface area contributed by atoms with Gasteiger partial charge in [0.1, 0.15) is 35.7 Å². The molecule has 0 unspecified atom stereocenters. The minimum Gasteiger partial charge on any atom is -0.497 e. The second kappa shape index (κ2) is 18.1. The molecule has 3 aliphatic rings. The maximum absolute atomic E-state index is 14.7. The Hall–Kier alpha value is -5.28. The number of carbonyl (C=O) groups is 4. The van der Waals surface area contributed by atoms with Crippen LogP contribution < -0.4 is 30.2 Å². The number of thiocarbonyl (C=S) groups is 2. The van der Waals surface area contributed by atoms with E-state index in [2.05, 4.69) is 16.0 Å². The van der Waals surface area contributed by atoms with Crippen molar-refractivity contribution >= 4 is 58.0 Å². The summed E-state index contributed by atoms with van der Waals surface area (Å²) in [4.78, 5) is 62.1. The molecule has 15 heteroatoms. The standard InChI is InChI=1S/C41H50N6O7S2/c1-23-37(55)43-24(2)39(49)46(5)32(19-26-9-14-29(52-7)15-10-26)38(56)44-25(3)40(50)47(6)33-20-27-11-16-30(17-12-27)54-35-22-28(13-18-34(35)53-8)21-31(36(48)42-23)45(4)41(33)51/h9-18,22-25,31-33H,19-21H2,1-8H3,(H,42,48)(H,43,55)(H,44,56)/t23-,24+,25+,31+,32+,33+/m1/s1. The van der Waals surface area contributed by atoms with E-state index in [1.165, 1.54) is 14.7 Å². The van der Waals surface area contributed by atoms with Crippen molar-refractivity contribution in [3.8, 4) is 23.0 Å². The van der Waals surface area contributed by atoms with Gasteiger partial charge >= 0.3 is 0 Å². The Balaban J connectivity index is 1.57. The minimum absolute atomic E-state index is 0.102. The van der Waals surface area contributed by atoms with Gasteiger partial charge in [0.2, 0.25) is 23.6 Å². The molecule has 3 aliphatic heterocycles. The zero-order valence-corrected chi connectivity index (χ0v) is 34.6. The topological polar surface area (TPSA) is 142 Å². The second-order valence-electron chi connectivity index (χ2n) is 14.3. The summed E-state index contributed by atoms with van der Waals surface area (Å²) >= 11 is 11.7. The first kappa shape index (κ1) is 41.9. The zero-order chi connectivity index (χ0) is 40.8. The monoisotopic (exact) mass is 802 g/mol. The van der Waals surface area contributed by atoms with Crippen molar-refractivity contribution in [3.63, 3.8) is 0 Å². The van der Waals surface area contributed by atoms with Crippen molar-refractivity contribution in [2.75, 3.05) is 35.4 Å². The molecule has 3 N–H and O–H groups in total.